The molecule has 2 heteroatoms. The lowest BCUT2D eigenvalue weighted by molar-refractivity contribution is 0.660. The molecule has 64 heavy (non-hydrogen) atoms. The number of hydrogen-bond acceptors (Lipinski definition) is 2. The van der Waals surface area contributed by atoms with E-state index in [1.807, 2.05) is 0 Å². The number of nitrogens with zero attached hydrogens (tertiary/aromatic N) is 1. The topological polar surface area (TPSA) is 15.3 Å². The monoisotopic (exact) mass is 828 g/mol. The van der Waals surface area contributed by atoms with E-state index in [1.54, 1.807) is 6.92 Å². The van der Waals surface area contributed by atoms with E-state index in [2.05, 4.69) is 238 Å². The summed E-state index contributed by atoms with van der Waals surface area (Å²) in [6.07, 6.45) is 23.0. The Kier molecular flexibility index (Phi) is 12.2. The molecule has 1 aliphatic carbocycles. The molecule has 0 spiro atoms. The van der Waals surface area contributed by atoms with Crippen molar-refractivity contribution in [3.8, 4) is 23.5 Å². The van der Waals surface area contributed by atoms with Gasteiger partial charge in [-0.15, -0.1) is 12.3 Å². The molecule has 2 aliphatic rings. The van der Waals surface area contributed by atoms with Crippen LogP contribution in [0.3, 0.4) is 0 Å². The van der Waals surface area contributed by atoms with Gasteiger partial charge < -0.3 is 10.2 Å². The first kappa shape index (κ1) is 42.0. The van der Waals surface area contributed by atoms with Gasteiger partial charge in [0.2, 0.25) is 0 Å². The van der Waals surface area contributed by atoms with Crippen molar-refractivity contribution in [3.63, 3.8) is 0 Å². The minimum atomic E-state index is -0.116. The van der Waals surface area contributed by atoms with Crippen LogP contribution in [-0.2, 0) is 24.7 Å². The van der Waals surface area contributed by atoms with Gasteiger partial charge >= 0.3 is 0 Å². The van der Waals surface area contributed by atoms with Gasteiger partial charge in [0.1, 0.15) is 0 Å². The fourth-order valence-corrected chi connectivity index (χ4v) is 9.72. The average molecular weight is 829 g/mol. The lowest BCUT2D eigenvalue weighted by atomic mass is 9.82. The van der Waals surface area contributed by atoms with E-state index in [4.69, 9.17) is 0 Å². The SMILES string of the molecule is C#CC.C/C=C\C=C/CCCc1ccccc1Nc1ccc2c(c1)C(C)(C)c1cc(/C=C/c3ccc4c(ccc5cc(N6c7ccccc7CCc7ccccc76)ccc54)c3)ccc1-2. The zero-order chi connectivity index (χ0) is 44.0. The largest absolute Gasteiger partial charge is 0.355 e. The van der Waals surface area contributed by atoms with Gasteiger partial charge in [-0.3, -0.25) is 0 Å². The highest BCUT2D eigenvalue weighted by Crippen LogP contribution is 2.50. The van der Waals surface area contributed by atoms with Gasteiger partial charge in [-0.1, -0.05) is 159 Å². The van der Waals surface area contributed by atoms with E-state index in [9.17, 15) is 0 Å². The van der Waals surface area contributed by atoms with Gasteiger partial charge in [-0.25, -0.2) is 0 Å². The summed E-state index contributed by atoms with van der Waals surface area (Å²) in [6.45, 7) is 8.44. The molecule has 0 saturated carbocycles. The van der Waals surface area contributed by atoms with Gasteiger partial charge in [0, 0.05) is 33.9 Å². The second-order valence-corrected chi connectivity index (χ2v) is 17.5. The molecule has 8 aromatic carbocycles. The lowest BCUT2D eigenvalue weighted by Gasteiger charge is -2.27. The van der Waals surface area contributed by atoms with Crippen molar-refractivity contribution in [2.75, 3.05) is 10.2 Å². The van der Waals surface area contributed by atoms with Crippen molar-refractivity contribution in [1.82, 2.24) is 0 Å². The second-order valence-electron chi connectivity index (χ2n) is 17.5. The summed E-state index contributed by atoms with van der Waals surface area (Å²) in [5.74, 6) is 2.25. The molecule has 0 bridgehead atoms. The highest BCUT2D eigenvalue weighted by atomic mass is 15.1. The number of nitrogens with one attached hydrogen (secondary N) is 1. The van der Waals surface area contributed by atoms with E-state index in [-0.39, 0.29) is 5.41 Å². The van der Waals surface area contributed by atoms with Crippen LogP contribution < -0.4 is 10.2 Å². The van der Waals surface area contributed by atoms with Crippen LogP contribution in [0.2, 0.25) is 0 Å². The number of hydrogen-bond donors (Lipinski definition) is 1. The van der Waals surface area contributed by atoms with Crippen molar-refractivity contribution in [2.45, 2.75) is 65.2 Å². The third kappa shape index (κ3) is 8.43. The molecule has 2 nitrogen and oxygen atoms in total. The number of aryl methyl sites for hydroxylation is 3. The maximum Gasteiger partial charge on any atom is 0.0493 e. The maximum atomic E-state index is 4.60. The van der Waals surface area contributed by atoms with Crippen LogP contribution >= 0.6 is 0 Å². The van der Waals surface area contributed by atoms with Crippen molar-refractivity contribution in [2.24, 2.45) is 0 Å². The van der Waals surface area contributed by atoms with Crippen LogP contribution in [0.15, 0.2) is 182 Å². The standard InChI is InChI=1S/C59H52N2.C3H4/c1-4-5-6-7-8-9-16-43-17-10-13-20-56(43)60-48-31-35-53-52-34-26-42(38-54(52)59(2,3)55(53)40-48)24-23-41-25-33-50-46(37-41)29-30-47-39-49(32-36-51(47)50)61-57-21-14-11-18-44(57)27-28-45-19-12-15-22-58(45)61;1-3-2/h4-7,10-15,17-26,29-40,60H,8-9,16,27-28H2,1-3H3;1H,2H3/b5-4-,7-6-,24-23+;. The van der Waals surface area contributed by atoms with Crippen molar-refractivity contribution in [3.05, 3.63) is 221 Å². The van der Waals surface area contributed by atoms with Crippen LogP contribution in [-0.4, -0.2) is 0 Å². The Morgan fingerprint density at radius 1 is 0.641 bits per heavy atom. The van der Waals surface area contributed by atoms with E-state index < -0.39 is 0 Å². The number of para-hydroxylation sites is 3. The van der Waals surface area contributed by atoms with Crippen LogP contribution in [0.4, 0.5) is 28.4 Å². The summed E-state index contributed by atoms with van der Waals surface area (Å²) in [4.78, 5) is 2.46. The average Bonchev–Trinajstić information content (AvgIpc) is 3.42. The molecule has 0 atom stereocenters. The predicted molar refractivity (Wildman–Crippen MR) is 278 cm³/mol. The first-order valence-corrected chi connectivity index (χ1v) is 22.8. The molecule has 0 saturated heterocycles. The fraction of sp³-hybridized carbons (Fsp3) is 0.161. The third-order valence-corrected chi connectivity index (χ3v) is 13.0. The summed E-state index contributed by atoms with van der Waals surface area (Å²) < 4.78 is 0. The Balaban J connectivity index is 0.00000168. The molecule has 10 rings (SSSR count). The maximum absolute atomic E-state index is 4.60. The van der Waals surface area contributed by atoms with E-state index >= 15 is 0 Å². The Morgan fingerprint density at radius 2 is 1.23 bits per heavy atom. The number of terminal acetylenes is 1. The fourth-order valence-electron chi connectivity index (χ4n) is 9.72. The predicted octanol–water partition coefficient (Wildman–Crippen LogP) is 16.9. The number of rotatable bonds is 10. The van der Waals surface area contributed by atoms with Gasteiger partial charge in [0.25, 0.3) is 0 Å². The molecule has 0 radical (unpaired) electrons. The molecular weight excluding hydrogens is 773 g/mol. The number of fused-ring (bicyclic) bond motifs is 8. The molecule has 0 amide bonds. The van der Waals surface area contributed by atoms with Crippen LogP contribution in [0, 0.1) is 12.3 Å². The zero-order valence-corrected chi connectivity index (χ0v) is 37.5. The summed E-state index contributed by atoms with van der Waals surface area (Å²) in [5, 5.41) is 8.84. The third-order valence-electron chi connectivity index (χ3n) is 13.0. The van der Waals surface area contributed by atoms with Crippen molar-refractivity contribution < 1.29 is 0 Å². The quantitative estimate of drug-likeness (QED) is 0.0486. The Bertz CT molecular complexity index is 3080. The van der Waals surface area contributed by atoms with Crippen molar-refractivity contribution >= 4 is 62.1 Å². The zero-order valence-electron chi connectivity index (χ0n) is 37.5. The normalized spacial score (nSPS) is 13.6. The number of benzene rings is 8. The second kappa shape index (κ2) is 18.6. The molecular formula is C62H56N2. The minimum Gasteiger partial charge on any atom is -0.355 e. The van der Waals surface area contributed by atoms with E-state index in [0.29, 0.717) is 0 Å². The molecule has 314 valence electrons. The molecule has 1 N–H and O–H groups in total. The first-order chi connectivity index (χ1) is 31.4. The van der Waals surface area contributed by atoms with E-state index in [1.165, 1.54) is 94.4 Å². The van der Waals surface area contributed by atoms with Crippen LogP contribution in [0.25, 0.3) is 44.8 Å². The Labute approximate surface area is 380 Å². The number of anilines is 5. The Morgan fingerprint density at radius 3 is 1.95 bits per heavy atom. The molecule has 0 unspecified atom stereocenters. The van der Waals surface area contributed by atoms with Gasteiger partial charge in [0.05, 0.1) is 0 Å². The summed E-state index contributed by atoms with van der Waals surface area (Å²) in [7, 11) is 0. The van der Waals surface area contributed by atoms with Gasteiger partial charge in [-0.2, -0.15) is 0 Å². The highest BCUT2D eigenvalue weighted by Gasteiger charge is 2.35. The molecule has 0 fully saturated rings. The smallest absolute Gasteiger partial charge is 0.0493 e. The number of allylic oxidation sites excluding steroid dienone is 4. The van der Waals surface area contributed by atoms with Gasteiger partial charge in [-0.05, 0) is 166 Å². The van der Waals surface area contributed by atoms with Gasteiger partial charge in [0.15, 0.2) is 0 Å². The summed E-state index contributed by atoms with van der Waals surface area (Å²) in [5.41, 5.74) is 17.9. The molecule has 1 aliphatic heterocycles. The lowest BCUT2D eigenvalue weighted by Crippen LogP contribution is -2.15. The summed E-state index contributed by atoms with van der Waals surface area (Å²) >= 11 is 0. The Hall–Kier alpha value is -7.34. The molecule has 1 heterocycles. The van der Waals surface area contributed by atoms with Crippen LogP contribution in [0.5, 0.6) is 0 Å². The molecule has 8 aromatic rings. The minimum absolute atomic E-state index is 0.116. The summed E-state index contributed by atoms with van der Waals surface area (Å²) in [6, 6.07) is 58.8. The van der Waals surface area contributed by atoms with Crippen LogP contribution in [0.1, 0.15) is 79.5 Å². The highest BCUT2D eigenvalue weighted by molar-refractivity contribution is 6.09. The molecule has 0 aromatic heterocycles. The van der Waals surface area contributed by atoms with E-state index in [0.717, 1.165) is 37.8 Å². The number of unbranched alkanes of at least 4 members (excludes halogenated alkanes) is 1. The first-order valence-electron chi connectivity index (χ1n) is 22.8. The van der Waals surface area contributed by atoms with Crippen molar-refractivity contribution in [1.29, 1.82) is 0 Å².